The minimum absolute atomic E-state index is 0.109. The lowest BCUT2D eigenvalue weighted by Crippen LogP contribution is -2.28. The number of rotatable bonds is 8. The minimum atomic E-state index is -0.347. The zero-order valence-corrected chi connectivity index (χ0v) is 18.2. The molecule has 0 bridgehead atoms. The van der Waals surface area contributed by atoms with Crippen molar-refractivity contribution < 1.29 is 18.7 Å². The van der Waals surface area contributed by atoms with Gasteiger partial charge in [0.2, 0.25) is 0 Å². The number of aromatic nitrogens is 2. The van der Waals surface area contributed by atoms with Gasteiger partial charge < -0.3 is 14.5 Å². The Bertz CT molecular complexity index is 1290. The monoisotopic (exact) mass is 445 g/mol. The van der Waals surface area contributed by atoms with Crippen molar-refractivity contribution in [3.05, 3.63) is 89.3 Å². The van der Waals surface area contributed by atoms with E-state index in [9.17, 15) is 9.59 Å². The number of pyridine rings is 1. The van der Waals surface area contributed by atoms with Crippen LogP contribution in [0.2, 0.25) is 0 Å². The number of fused-ring (bicyclic) bond motifs is 1. The number of furan rings is 1. The van der Waals surface area contributed by atoms with E-state index >= 15 is 0 Å². The zero-order valence-electron chi connectivity index (χ0n) is 18.2. The number of aryl methyl sites for hydroxylation is 2. The molecule has 1 aromatic carbocycles. The molecule has 3 aromatic heterocycles. The number of amides is 2. The second-order valence-corrected chi connectivity index (χ2v) is 7.39. The van der Waals surface area contributed by atoms with Crippen LogP contribution in [0.1, 0.15) is 33.1 Å². The van der Waals surface area contributed by atoms with E-state index < -0.39 is 0 Å². The molecule has 0 radical (unpaired) electrons. The highest BCUT2D eigenvalue weighted by atomic mass is 16.5. The first-order valence-electron chi connectivity index (χ1n) is 10.3. The first kappa shape index (κ1) is 21.8. The number of ether oxygens (including phenoxy) is 1. The predicted octanol–water partition coefficient (Wildman–Crippen LogP) is 3.00. The van der Waals surface area contributed by atoms with Crippen LogP contribution in [0.3, 0.4) is 0 Å². The lowest BCUT2D eigenvalue weighted by molar-refractivity contribution is -0.123. The van der Waals surface area contributed by atoms with Crippen molar-refractivity contribution in [3.63, 3.8) is 0 Å². The smallest absolute Gasteiger partial charge is 0.290 e. The third kappa shape index (κ3) is 5.45. The van der Waals surface area contributed by atoms with Gasteiger partial charge in [0.15, 0.2) is 6.61 Å². The number of hydrogen-bond donors (Lipinski definition) is 2. The first-order valence-corrected chi connectivity index (χ1v) is 10.3. The van der Waals surface area contributed by atoms with Gasteiger partial charge in [0.1, 0.15) is 22.9 Å². The predicted molar refractivity (Wildman–Crippen MR) is 122 cm³/mol. The minimum Gasteiger partial charge on any atom is -0.484 e. The number of carbonyl (C=O) groups excluding carboxylic acids is 2. The maximum atomic E-state index is 12.6. The van der Waals surface area contributed by atoms with E-state index in [4.69, 9.17) is 9.15 Å². The Morgan fingerprint density at radius 2 is 2.00 bits per heavy atom. The Morgan fingerprint density at radius 1 is 1.18 bits per heavy atom. The molecular weight excluding hydrogens is 422 g/mol. The van der Waals surface area contributed by atoms with E-state index in [0.717, 1.165) is 11.1 Å². The number of nitrogens with zero attached hydrogens (tertiary/aromatic N) is 3. The molecular formula is C24H23N5O4. The van der Waals surface area contributed by atoms with Crippen LogP contribution in [0.4, 0.5) is 0 Å². The SMILES string of the molecule is Cc1ccn2c(C(=O)N/N=C\c3ccc(OCC(=O)NCc4ccco4)cc3)c(C)nc2c1. The van der Waals surface area contributed by atoms with E-state index in [2.05, 4.69) is 20.8 Å². The Balaban J connectivity index is 1.28. The summed E-state index contributed by atoms with van der Waals surface area (Å²) in [5.74, 6) is 0.616. The fourth-order valence-electron chi connectivity index (χ4n) is 3.21. The van der Waals surface area contributed by atoms with Crippen molar-refractivity contribution in [3.8, 4) is 5.75 Å². The average Bonchev–Trinajstić information content (AvgIpc) is 3.43. The van der Waals surface area contributed by atoms with Gasteiger partial charge in [-0.05, 0) is 73.5 Å². The summed E-state index contributed by atoms with van der Waals surface area (Å²) in [6.45, 7) is 3.96. The first-order chi connectivity index (χ1) is 16.0. The fourth-order valence-corrected chi connectivity index (χ4v) is 3.21. The number of nitrogens with one attached hydrogen (secondary N) is 2. The second-order valence-electron chi connectivity index (χ2n) is 7.39. The maximum absolute atomic E-state index is 12.6. The van der Waals surface area contributed by atoms with Gasteiger partial charge in [-0.1, -0.05) is 0 Å². The van der Waals surface area contributed by atoms with Gasteiger partial charge in [-0.3, -0.25) is 14.0 Å². The van der Waals surface area contributed by atoms with E-state index in [1.165, 1.54) is 6.21 Å². The Labute approximate surface area is 190 Å². The van der Waals surface area contributed by atoms with Crippen LogP contribution >= 0.6 is 0 Å². The van der Waals surface area contributed by atoms with Gasteiger partial charge in [0.05, 0.1) is 24.7 Å². The average molecular weight is 445 g/mol. The molecule has 9 heteroatoms. The molecule has 2 amide bonds. The van der Waals surface area contributed by atoms with Crippen molar-refractivity contribution in [1.82, 2.24) is 20.1 Å². The molecule has 0 saturated heterocycles. The van der Waals surface area contributed by atoms with Crippen molar-refractivity contribution in [2.24, 2.45) is 5.10 Å². The van der Waals surface area contributed by atoms with Gasteiger partial charge >= 0.3 is 0 Å². The van der Waals surface area contributed by atoms with Crippen LogP contribution in [-0.2, 0) is 11.3 Å². The van der Waals surface area contributed by atoms with Crippen molar-refractivity contribution in [2.45, 2.75) is 20.4 Å². The van der Waals surface area contributed by atoms with E-state index in [1.54, 1.807) is 54.0 Å². The molecule has 168 valence electrons. The molecule has 0 saturated carbocycles. The quantitative estimate of drug-likeness (QED) is 0.320. The molecule has 0 atom stereocenters. The fraction of sp³-hybridized carbons (Fsp3) is 0.167. The third-order valence-corrected chi connectivity index (χ3v) is 4.84. The molecule has 4 rings (SSSR count). The summed E-state index contributed by atoms with van der Waals surface area (Å²) in [6.07, 6.45) is 4.90. The van der Waals surface area contributed by atoms with Gasteiger partial charge in [0.25, 0.3) is 11.8 Å². The second kappa shape index (κ2) is 9.82. The highest BCUT2D eigenvalue weighted by molar-refractivity contribution is 5.95. The standard InChI is InChI=1S/C24H23N5O4/c1-16-9-10-29-21(12-16)27-17(2)23(29)24(31)28-26-13-18-5-7-19(8-6-18)33-15-22(30)25-14-20-4-3-11-32-20/h3-13H,14-15H2,1-2H3,(H,25,30)(H,28,31)/b26-13-. The summed E-state index contributed by atoms with van der Waals surface area (Å²) >= 11 is 0. The van der Waals surface area contributed by atoms with E-state index in [1.807, 2.05) is 25.3 Å². The lowest BCUT2D eigenvalue weighted by atomic mass is 10.2. The van der Waals surface area contributed by atoms with Gasteiger partial charge in [-0.2, -0.15) is 5.10 Å². The summed E-state index contributed by atoms with van der Waals surface area (Å²) in [4.78, 5) is 28.9. The van der Waals surface area contributed by atoms with Gasteiger partial charge in [-0.15, -0.1) is 0 Å². The highest BCUT2D eigenvalue weighted by Crippen LogP contribution is 2.14. The summed E-state index contributed by atoms with van der Waals surface area (Å²) in [7, 11) is 0. The van der Waals surface area contributed by atoms with Crippen molar-refractivity contribution in [2.75, 3.05) is 6.61 Å². The van der Waals surface area contributed by atoms with Crippen LogP contribution in [0, 0.1) is 13.8 Å². The van der Waals surface area contributed by atoms with Crippen LogP contribution in [-0.4, -0.2) is 34.0 Å². The molecule has 3 heterocycles. The summed E-state index contributed by atoms with van der Waals surface area (Å²) in [6, 6.07) is 14.4. The topological polar surface area (TPSA) is 110 Å². The normalized spacial score (nSPS) is 11.1. The molecule has 0 aliphatic carbocycles. The molecule has 0 aliphatic heterocycles. The molecule has 2 N–H and O–H groups in total. The molecule has 4 aromatic rings. The van der Waals surface area contributed by atoms with Gasteiger partial charge in [0, 0.05) is 6.20 Å². The lowest BCUT2D eigenvalue weighted by Gasteiger charge is -2.07. The Hall–Kier alpha value is -4.40. The molecule has 0 unspecified atom stereocenters. The van der Waals surface area contributed by atoms with E-state index in [0.29, 0.717) is 35.1 Å². The van der Waals surface area contributed by atoms with Crippen LogP contribution < -0.4 is 15.5 Å². The number of carbonyl (C=O) groups is 2. The molecule has 9 nitrogen and oxygen atoms in total. The number of imidazole rings is 1. The molecule has 0 fully saturated rings. The summed E-state index contributed by atoms with van der Waals surface area (Å²) in [5.41, 5.74) is 6.15. The van der Waals surface area contributed by atoms with Crippen LogP contribution in [0.25, 0.3) is 5.65 Å². The third-order valence-electron chi connectivity index (χ3n) is 4.84. The Morgan fingerprint density at radius 3 is 2.76 bits per heavy atom. The van der Waals surface area contributed by atoms with Gasteiger partial charge in [-0.25, -0.2) is 10.4 Å². The molecule has 0 aliphatic rings. The van der Waals surface area contributed by atoms with Crippen molar-refractivity contribution >= 4 is 23.7 Å². The summed E-state index contributed by atoms with van der Waals surface area (Å²) < 4.78 is 12.4. The van der Waals surface area contributed by atoms with Crippen LogP contribution in [0.5, 0.6) is 5.75 Å². The number of benzene rings is 1. The molecule has 33 heavy (non-hydrogen) atoms. The largest absolute Gasteiger partial charge is 0.484 e. The van der Waals surface area contributed by atoms with Crippen LogP contribution in [0.15, 0.2) is 70.5 Å². The van der Waals surface area contributed by atoms with Crippen molar-refractivity contribution in [1.29, 1.82) is 0 Å². The maximum Gasteiger partial charge on any atom is 0.290 e. The summed E-state index contributed by atoms with van der Waals surface area (Å²) in [5, 5.41) is 6.75. The highest BCUT2D eigenvalue weighted by Gasteiger charge is 2.16. The number of hydrogen-bond acceptors (Lipinski definition) is 6. The zero-order chi connectivity index (χ0) is 23.2. The van der Waals surface area contributed by atoms with E-state index in [-0.39, 0.29) is 18.4 Å². The molecule has 0 spiro atoms. The Kier molecular flexibility index (Phi) is 6.49. The number of hydrazone groups is 1.